The number of cyclic esters (lactones) is 1. The molecule has 2 rings (SSSR count). The molecule has 0 radical (unpaired) electrons. The fourth-order valence-electron chi connectivity index (χ4n) is 1.11. The normalized spacial score (nSPS) is 18.5. The molecule has 1 aliphatic heterocycles. The number of hydrogen-bond donors (Lipinski definition) is 0. The van der Waals surface area contributed by atoms with Crippen LogP contribution in [0.15, 0.2) is 28.2 Å². The lowest BCUT2D eigenvalue weighted by Crippen LogP contribution is -2.01. The number of esters is 1. The molecule has 0 aliphatic carbocycles. The molecule has 0 fully saturated rings. The van der Waals surface area contributed by atoms with Crippen molar-refractivity contribution < 1.29 is 9.53 Å². The van der Waals surface area contributed by atoms with Gasteiger partial charge in [-0.05, 0) is 17.5 Å². The van der Waals surface area contributed by atoms with Gasteiger partial charge in [-0.15, -0.1) is 11.3 Å². The van der Waals surface area contributed by atoms with Crippen LogP contribution in [0.1, 0.15) is 18.2 Å². The molecular weight excluding hydrogens is 198 g/mol. The van der Waals surface area contributed by atoms with Crippen molar-refractivity contribution >= 4 is 29.3 Å². The standard InChI is InChI=1S/C10H9NO2S/c1-2-9-11-8(10(12)13-9)6-7-4-3-5-14-7/h3-6H,2H2,1H3/b8-6+. The van der Waals surface area contributed by atoms with Gasteiger partial charge < -0.3 is 4.74 Å². The maximum Gasteiger partial charge on any atom is 0.363 e. The molecule has 72 valence electrons. The predicted molar refractivity (Wildman–Crippen MR) is 56.1 cm³/mol. The van der Waals surface area contributed by atoms with E-state index in [1.807, 2.05) is 24.4 Å². The highest BCUT2D eigenvalue weighted by atomic mass is 32.1. The maximum absolute atomic E-state index is 11.3. The van der Waals surface area contributed by atoms with Crippen LogP contribution < -0.4 is 0 Å². The van der Waals surface area contributed by atoms with Crippen molar-refractivity contribution in [2.75, 3.05) is 0 Å². The number of aliphatic imine (C=N–C) groups is 1. The summed E-state index contributed by atoms with van der Waals surface area (Å²) in [4.78, 5) is 16.4. The van der Waals surface area contributed by atoms with Crippen molar-refractivity contribution in [3.8, 4) is 0 Å². The van der Waals surface area contributed by atoms with Gasteiger partial charge in [0, 0.05) is 11.3 Å². The van der Waals surface area contributed by atoms with Crippen molar-refractivity contribution in [1.29, 1.82) is 0 Å². The van der Waals surface area contributed by atoms with Gasteiger partial charge in [0.2, 0.25) is 0 Å². The molecule has 0 aromatic carbocycles. The minimum Gasteiger partial charge on any atom is -0.407 e. The van der Waals surface area contributed by atoms with E-state index in [9.17, 15) is 4.79 Å². The van der Waals surface area contributed by atoms with Crippen LogP contribution in [-0.2, 0) is 9.53 Å². The Hall–Kier alpha value is -1.42. The number of hydrogen-bond acceptors (Lipinski definition) is 4. The minimum absolute atomic E-state index is 0.352. The first kappa shape index (κ1) is 9.15. The number of rotatable bonds is 2. The predicted octanol–water partition coefficient (Wildman–Crippen LogP) is 2.45. The Labute approximate surface area is 85.7 Å². The third kappa shape index (κ3) is 1.75. The van der Waals surface area contributed by atoms with Crippen LogP contribution in [0, 0.1) is 0 Å². The summed E-state index contributed by atoms with van der Waals surface area (Å²) >= 11 is 1.57. The quantitative estimate of drug-likeness (QED) is 0.552. The first-order chi connectivity index (χ1) is 6.79. The Morgan fingerprint density at radius 1 is 1.64 bits per heavy atom. The van der Waals surface area contributed by atoms with E-state index in [0.717, 1.165) is 4.88 Å². The van der Waals surface area contributed by atoms with Gasteiger partial charge in [-0.1, -0.05) is 13.0 Å². The van der Waals surface area contributed by atoms with E-state index >= 15 is 0 Å². The Bertz CT molecular complexity index is 404. The summed E-state index contributed by atoms with van der Waals surface area (Å²) in [5, 5.41) is 1.96. The van der Waals surface area contributed by atoms with E-state index in [1.54, 1.807) is 17.4 Å². The van der Waals surface area contributed by atoms with Crippen molar-refractivity contribution in [3.05, 3.63) is 28.1 Å². The van der Waals surface area contributed by atoms with Crippen LogP contribution in [0.3, 0.4) is 0 Å². The maximum atomic E-state index is 11.3. The zero-order valence-electron chi connectivity index (χ0n) is 7.69. The van der Waals surface area contributed by atoms with Gasteiger partial charge in [-0.25, -0.2) is 9.79 Å². The molecule has 0 atom stereocenters. The molecule has 1 aromatic rings. The van der Waals surface area contributed by atoms with E-state index < -0.39 is 0 Å². The molecule has 0 saturated carbocycles. The van der Waals surface area contributed by atoms with Crippen LogP contribution in [-0.4, -0.2) is 11.9 Å². The summed E-state index contributed by atoms with van der Waals surface area (Å²) in [6, 6.07) is 3.87. The number of carbonyl (C=O) groups excluding carboxylic acids is 1. The summed E-state index contributed by atoms with van der Waals surface area (Å²) < 4.78 is 4.92. The van der Waals surface area contributed by atoms with Crippen LogP contribution >= 0.6 is 11.3 Å². The second kappa shape index (κ2) is 3.75. The minimum atomic E-state index is -0.352. The third-order valence-electron chi connectivity index (χ3n) is 1.79. The highest BCUT2D eigenvalue weighted by molar-refractivity contribution is 7.10. The Morgan fingerprint density at radius 3 is 3.07 bits per heavy atom. The highest BCUT2D eigenvalue weighted by Gasteiger charge is 2.21. The second-order valence-electron chi connectivity index (χ2n) is 2.79. The lowest BCUT2D eigenvalue weighted by atomic mass is 10.3. The lowest BCUT2D eigenvalue weighted by molar-refractivity contribution is -0.130. The Morgan fingerprint density at radius 2 is 2.50 bits per heavy atom. The van der Waals surface area contributed by atoms with Gasteiger partial charge in [0.05, 0.1) is 0 Å². The Balaban J connectivity index is 2.27. The molecule has 0 saturated heterocycles. The summed E-state index contributed by atoms with van der Waals surface area (Å²) in [5.74, 6) is 0.146. The third-order valence-corrected chi connectivity index (χ3v) is 2.61. The van der Waals surface area contributed by atoms with Gasteiger partial charge in [-0.3, -0.25) is 0 Å². The van der Waals surface area contributed by atoms with E-state index in [0.29, 0.717) is 18.0 Å². The SMILES string of the molecule is CCC1=N/C(=C/c2cccs2)C(=O)O1. The van der Waals surface area contributed by atoms with Crippen LogP contribution in [0.4, 0.5) is 0 Å². The average molecular weight is 207 g/mol. The highest BCUT2D eigenvalue weighted by Crippen LogP contribution is 2.19. The molecule has 0 N–H and O–H groups in total. The molecule has 1 aromatic heterocycles. The number of carbonyl (C=O) groups is 1. The van der Waals surface area contributed by atoms with E-state index in [4.69, 9.17) is 4.74 Å². The van der Waals surface area contributed by atoms with Crippen LogP contribution in [0.2, 0.25) is 0 Å². The number of ether oxygens (including phenoxy) is 1. The van der Waals surface area contributed by atoms with Crippen molar-refractivity contribution in [3.63, 3.8) is 0 Å². The van der Waals surface area contributed by atoms with Crippen molar-refractivity contribution in [2.24, 2.45) is 4.99 Å². The summed E-state index contributed by atoms with van der Waals surface area (Å²) in [5.41, 5.74) is 0.393. The molecule has 0 spiro atoms. The number of thiophene rings is 1. The summed E-state index contributed by atoms with van der Waals surface area (Å²) in [6.45, 7) is 1.90. The lowest BCUT2D eigenvalue weighted by Gasteiger charge is -1.90. The monoisotopic (exact) mass is 207 g/mol. The molecule has 0 amide bonds. The molecule has 2 heterocycles. The topological polar surface area (TPSA) is 38.7 Å². The van der Waals surface area contributed by atoms with Gasteiger partial charge in [0.1, 0.15) is 0 Å². The largest absolute Gasteiger partial charge is 0.407 e. The fraction of sp³-hybridized carbons (Fsp3) is 0.200. The fourth-order valence-corrected chi connectivity index (χ4v) is 1.76. The zero-order chi connectivity index (χ0) is 9.97. The van der Waals surface area contributed by atoms with Gasteiger partial charge in [-0.2, -0.15) is 0 Å². The molecular formula is C10H9NO2S. The second-order valence-corrected chi connectivity index (χ2v) is 3.77. The molecule has 14 heavy (non-hydrogen) atoms. The van der Waals surface area contributed by atoms with E-state index in [-0.39, 0.29) is 5.97 Å². The van der Waals surface area contributed by atoms with Crippen LogP contribution in [0.25, 0.3) is 6.08 Å². The smallest absolute Gasteiger partial charge is 0.363 e. The van der Waals surface area contributed by atoms with Gasteiger partial charge in [0.15, 0.2) is 11.6 Å². The molecule has 4 heteroatoms. The molecule has 0 bridgehead atoms. The summed E-state index contributed by atoms with van der Waals surface area (Å²) in [7, 11) is 0. The van der Waals surface area contributed by atoms with Crippen LogP contribution in [0.5, 0.6) is 0 Å². The van der Waals surface area contributed by atoms with Gasteiger partial charge in [0.25, 0.3) is 0 Å². The first-order valence-electron chi connectivity index (χ1n) is 4.34. The molecule has 0 unspecified atom stereocenters. The zero-order valence-corrected chi connectivity index (χ0v) is 8.50. The van der Waals surface area contributed by atoms with E-state index in [2.05, 4.69) is 4.99 Å². The van der Waals surface area contributed by atoms with Crippen molar-refractivity contribution in [2.45, 2.75) is 13.3 Å². The number of nitrogens with zero attached hydrogens (tertiary/aromatic N) is 1. The Kier molecular flexibility index (Phi) is 2.45. The average Bonchev–Trinajstić information content (AvgIpc) is 2.78. The molecule has 3 nitrogen and oxygen atoms in total. The van der Waals surface area contributed by atoms with E-state index in [1.165, 1.54) is 0 Å². The molecule has 1 aliphatic rings. The van der Waals surface area contributed by atoms with Gasteiger partial charge >= 0.3 is 5.97 Å². The van der Waals surface area contributed by atoms with Crippen molar-refractivity contribution in [1.82, 2.24) is 0 Å². The first-order valence-corrected chi connectivity index (χ1v) is 5.22. The summed E-state index contributed by atoms with van der Waals surface area (Å²) in [6.07, 6.45) is 2.39.